The van der Waals surface area contributed by atoms with Gasteiger partial charge in [0.2, 0.25) is 0 Å². The van der Waals surface area contributed by atoms with Crippen molar-refractivity contribution in [2.75, 3.05) is 39.3 Å². The molecule has 0 aromatic rings. The Bertz CT molecular complexity index is 220. The summed E-state index contributed by atoms with van der Waals surface area (Å²) < 4.78 is 0. The summed E-state index contributed by atoms with van der Waals surface area (Å²) >= 11 is 0. The van der Waals surface area contributed by atoms with Crippen molar-refractivity contribution >= 4 is 0 Å². The molecule has 2 atom stereocenters. The van der Waals surface area contributed by atoms with Gasteiger partial charge in [0.15, 0.2) is 0 Å². The summed E-state index contributed by atoms with van der Waals surface area (Å²) in [5, 5.41) is 0. The molecule has 3 heteroatoms. The molecule has 0 aliphatic carbocycles. The Morgan fingerprint density at radius 2 is 2.00 bits per heavy atom. The molecule has 2 aliphatic heterocycles. The summed E-state index contributed by atoms with van der Waals surface area (Å²) in [6, 6.07) is 0.819. The molecule has 3 nitrogen and oxygen atoms in total. The number of nitrogens with two attached hydrogens (primary N) is 1. The van der Waals surface area contributed by atoms with Crippen LogP contribution in [-0.2, 0) is 0 Å². The summed E-state index contributed by atoms with van der Waals surface area (Å²) in [4.78, 5) is 5.28. The summed E-state index contributed by atoms with van der Waals surface area (Å²) in [6.45, 7) is 9.68. The maximum atomic E-state index is 5.72. The molecule has 2 fully saturated rings. The van der Waals surface area contributed by atoms with Crippen molar-refractivity contribution in [1.29, 1.82) is 0 Å². The lowest BCUT2D eigenvalue weighted by atomic mass is 10.0. The van der Waals surface area contributed by atoms with E-state index in [4.69, 9.17) is 5.73 Å². The fraction of sp³-hybridized carbons (Fsp3) is 1.00. The number of hydrogen-bond donors (Lipinski definition) is 1. The van der Waals surface area contributed by atoms with Crippen molar-refractivity contribution in [3.63, 3.8) is 0 Å². The normalized spacial score (nSPS) is 32.1. The van der Waals surface area contributed by atoms with E-state index in [0.29, 0.717) is 0 Å². The third kappa shape index (κ3) is 3.94. The van der Waals surface area contributed by atoms with Gasteiger partial charge in [-0.1, -0.05) is 6.42 Å². The number of rotatable bonds is 5. The molecular formula is C14H29N3. The van der Waals surface area contributed by atoms with Crippen LogP contribution >= 0.6 is 0 Å². The van der Waals surface area contributed by atoms with E-state index in [1.807, 2.05) is 0 Å². The lowest BCUT2D eigenvalue weighted by Crippen LogP contribution is -2.39. The zero-order valence-corrected chi connectivity index (χ0v) is 11.4. The zero-order valence-electron chi connectivity index (χ0n) is 11.4. The highest BCUT2D eigenvalue weighted by molar-refractivity contribution is 4.77. The molecule has 2 heterocycles. The first-order valence-corrected chi connectivity index (χ1v) is 7.46. The van der Waals surface area contributed by atoms with Crippen LogP contribution in [0, 0.1) is 5.92 Å². The molecule has 0 saturated carbocycles. The van der Waals surface area contributed by atoms with Gasteiger partial charge in [-0.15, -0.1) is 0 Å². The second kappa shape index (κ2) is 6.72. The Labute approximate surface area is 106 Å². The Morgan fingerprint density at radius 1 is 1.12 bits per heavy atom. The van der Waals surface area contributed by atoms with Crippen LogP contribution in [0.3, 0.4) is 0 Å². The smallest absolute Gasteiger partial charge is 0.00669 e. The quantitative estimate of drug-likeness (QED) is 0.790. The molecule has 0 aromatic carbocycles. The molecule has 0 aromatic heterocycles. The summed E-state index contributed by atoms with van der Waals surface area (Å²) in [5.41, 5.74) is 5.72. The first-order chi connectivity index (χ1) is 8.29. The number of likely N-dealkylation sites (tertiary alicyclic amines) is 2. The van der Waals surface area contributed by atoms with Crippen LogP contribution in [0.5, 0.6) is 0 Å². The minimum Gasteiger partial charge on any atom is -0.330 e. The summed E-state index contributed by atoms with van der Waals surface area (Å²) in [7, 11) is 0. The van der Waals surface area contributed by atoms with Gasteiger partial charge in [0.1, 0.15) is 0 Å². The third-order valence-electron chi connectivity index (χ3n) is 4.56. The number of nitrogens with zero attached hydrogens (tertiary/aromatic N) is 2. The largest absolute Gasteiger partial charge is 0.330 e. The van der Waals surface area contributed by atoms with E-state index in [2.05, 4.69) is 16.7 Å². The summed E-state index contributed by atoms with van der Waals surface area (Å²) in [6.07, 6.45) is 6.89. The van der Waals surface area contributed by atoms with Crippen LogP contribution < -0.4 is 5.73 Å². The molecule has 0 bridgehead atoms. The fourth-order valence-electron chi connectivity index (χ4n) is 3.30. The number of hydrogen-bond acceptors (Lipinski definition) is 3. The maximum Gasteiger partial charge on any atom is 0.00669 e. The number of piperidine rings is 1. The van der Waals surface area contributed by atoms with E-state index in [1.54, 1.807) is 0 Å². The van der Waals surface area contributed by atoms with Crippen molar-refractivity contribution in [2.45, 2.75) is 45.1 Å². The average molecular weight is 239 g/mol. The van der Waals surface area contributed by atoms with Crippen LogP contribution in [0.1, 0.15) is 39.0 Å². The molecule has 0 radical (unpaired) electrons. The van der Waals surface area contributed by atoms with Crippen molar-refractivity contribution in [3.8, 4) is 0 Å². The van der Waals surface area contributed by atoms with Crippen molar-refractivity contribution < 1.29 is 0 Å². The van der Waals surface area contributed by atoms with Crippen LogP contribution in [0.15, 0.2) is 0 Å². The highest BCUT2D eigenvalue weighted by atomic mass is 15.2. The van der Waals surface area contributed by atoms with Crippen LogP contribution in [0.2, 0.25) is 0 Å². The molecule has 2 rings (SSSR count). The monoisotopic (exact) mass is 239 g/mol. The molecule has 2 saturated heterocycles. The van der Waals surface area contributed by atoms with Gasteiger partial charge in [0.25, 0.3) is 0 Å². The van der Waals surface area contributed by atoms with E-state index in [0.717, 1.165) is 18.5 Å². The Hall–Kier alpha value is -0.120. The second-order valence-corrected chi connectivity index (χ2v) is 5.93. The van der Waals surface area contributed by atoms with Crippen LogP contribution in [-0.4, -0.2) is 55.1 Å². The minimum absolute atomic E-state index is 0.768. The molecule has 0 amide bonds. The topological polar surface area (TPSA) is 32.5 Å². The van der Waals surface area contributed by atoms with Gasteiger partial charge in [0, 0.05) is 12.6 Å². The predicted octanol–water partition coefficient (Wildman–Crippen LogP) is 1.53. The van der Waals surface area contributed by atoms with E-state index >= 15 is 0 Å². The zero-order chi connectivity index (χ0) is 12.1. The van der Waals surface area contributed by atoms with E-state index in [9.17, 15) is 0 Å². The van der Waals surface area contributed by atoms with Gasteiger partial charge in [-0.3, -0.25) is 0 Å². The standard InChI is InChI=1S/C14H29N3/c1-13-5-2-3-8-17(13)9-4-7-16-10-6-14(11-15)12-16/h13-14H,2-12,15H2,1H3. The van der Waals surface area contributed by atoms with Crippen LogP contribution in [0.25, 0.3) is 0 Å². The van der Waals surface area contributed by atoms with Crippen molar-refractivity contribution in [3.05, 3.63) is 0 Å². The highest BCUT2D eigenvalue weighted by Gasteiger charge is 2.21. The van der Waals surface area contributed by atoms with Gasteiger partial charge in [0.05, 0.1) is 0 Å². The Balaban J connectivity index is 1.59. The van der Waals surface area contributed by atoms with E-state index in [1.165, 1.54) is 64.8 Å². The SMILES string of the molecule is CC1CCCCN1CCCN1CCC(CN)C1. The highest BCUT2D eigenvalue weighted by Crippen LogP contribution is 2.18. The molecular weight excluding hydrogens is 210 g/mol. The fourth-order valence-corrected chi connectivity index (χ4v) is 3.30. The third-order valence-corrected chi connectivity index (χ3v) is 4.56. The molecule has 17 heavy (non-hydrogen) atoms. The Morgan fingerprint density at radius 3 is 2.71 bits per heavy atom. The first kappa shape index (κ1) is 13.3. The second-order valence-electron chi connectivity index (χ2n) is 5.93. The Kier molecular flexibility index (Phi) is 5.26. The van der Waals surface area contributed by atoms with Gasteiger partial charge in [-0.05, 0) is 71.2 Å². The van der Waals surface area contributed by atoms with Gasteiger partial charge in [-0.25, -0.2) is 0 Å². The van der Waals surface area contributed by atoms with E-state index in [-0.39, 0.29) is 0 Å². The minimum atomic E-state index is 0.768. The van der Waals surface area contributed by atoms with Crippen molar-refractivity contribution in [2.24, 2.45) is 11.7 Å². The van der Waals surface area contributed by atoms with Crippen LogP contribution in [0.4, 0.5) is 0 Å². The van der Waals surface area contributed by atoms with Crippen molar-refractivity contribution in [1.82, 2.24) is 9.80 Å². The lowest BCUT2D eigenvalue weighted by molar-refractivity contribution is 0.152. The average Bonchev–Trinajstić information content (AvgIpc) is 2.80. The van der Waals surface area contributed by atoms with Gasteiger partial charge in [-0.2, -0.15) is 0 Å². The molecule has 100 valence electrons. The maximum absolute atomic E-state index is 5.72. The van der Waals surface area contributed by atoms with Gasteiger partial charge < -0.3 is 15.5 Å². The molecule has 2 N–H and O–H groups in total. The summed E-state index contributed by atoms with van der Waals surface area (Å²) in [5.74, 6) is 0.768. The molecule has 2 aliphatic rings. The molecule has 2 unspecified atom stereocenters. The van der Waals surface area contributed by atoms with E-state index < -0.39 is 0 Å². The lowest BCUT2D eigenvalue weighted by Gasteiger charge is -2.33. The van der Waals surface area contributed by atoms with Gasteiger partial charge >= 0.3 is 0 Å². The molecule has 0 spiro atoms. The predicted molar refractivity (Wildman–Crippen MR) is 73.1 cm³/mol. The first-order valence-electron chi connectivity index (χ1n) is 7.46.